The summed E-state index contributed by atoms with van der Waals surface area (Å²) in [5.74, 6) is -0.581. The van der Waals surface area contributed by atoms with Gasteiger partial charge in [0.05, 0.1) is 23.0 Å². The minimum Gasteiger partial charge on any atom is -0.331 e. The van der Waals surface area contributed by atoms with E-state index in [0.717, 1.165) is 11.6 Å². The number of aryl methyl sites for hydroxylation is 1. The second kappa shape index (κ2) is 9.80. The van der Waals surface area contributed by atoms with Gasteiger partial charge in [-0.15, -0.1) is 16.4 Å². The minimum absolute atomic E-state index is 0.0621. The van der Waals surface area contributed by atoms with Gasteiger partial charge < -0.3 is 5.32 Å². The monoisotopic (exact) mass is 529 g/mol. The molecule has 0 atom stereocenters. The van der Waals surface area contributed by atoms with Crippen molar-refractivity contribution in [2.75, 3.05) is 6.54 Å². The number of benzene rings is 1. The van der Waals surface area contributed by atoms with Crippen molar-refractivity contribution in [2.24, 2.45) is 0 Å². The molecule has 2 aromatic heterocycles. The number of fused-ring (bicyclic) bond motifs is 1. The molecule has 8 nitrogen and oxygen atoms in total. The molecule has 0 fully saturated rings. The van der Waals surface area contributed by atoms with Crippen molar-refractivity contribution in [1.82, 2.24) is 25.0 Å². The van der Waals surface area contributed by atoms with Crippen molar-refractivity contribution in [3.05, 3.63) is 68.5 Å². The van der Waals surface area contributed by atoms with Crippen molar-refractivity contribution >= 4 is 56.2 Å². The summed E-state index contributed by atoms with van der Waals surface area (Å²) in [5.41, 5.74) is 2.66. The van der Waals surface area contributed by atoms with E-state index in [1.807, 2.05) is 35.1 Å². The molecule has 0 spiro atoms. The van der Waals surface area contributed by atoms with Crippen LogP contribution in [0, 0.1) is 0 Å². The molecular formula is C20H18Cl2FN5O3S2. The molecule has 0 radical (unpaired) electrons. The highest BCUT2D eigenvalue weighted by Gasteiger charge is 2.26. The molecule has 0 saturated heterocycles. The van der Waals surface area contributed by atoms with Gasteiger partial charge in [0.1, 0.15) is 14.4 Å². The highest BCUT2D eigenvalue weighted by molar-refractivity contribution is 7.92. The number of nitrogens with one attached hydrogen (secondary N) is 2. The number of nitrogens with zero attached hydrogens (tertiary/aromatic N) is 3. The Morgan fingerprint density at radius 2 is 2.00 bits per heavy atom. The number of carbonyl (C=O) groups excluding carboxylic acids is 1. The van der Waals surface area contributed by atoms with Gasteiger partial charge in [-0.3, -0.25) is 0 Å². The minimum atomic E-state index is -4.19. The van der Waals surface area contributed by atoms with E-state index in [9.17, 15) is 13.2 Å². The van der Waals surface area contributed by atoms with Crippen molar-refractivity contribution in [3.63, 3.8) is 0 Å². The second-order valence-corrected chi connectivity index (χ2v) is 11.2. The number of hydrogen-bond donors (Lipinski definition) is 2. The average Bonchev–Trinajstić information content (AvgIpc) is 3.36. The lowest BCUT2D eigenvalue weighted by molar-refractivity contribution is 0.246. The molecule has 0 saturated carbocycles. The molecule has 174 valence electrons. The van der Waals surface area contributed by atoms with E-state index >= 15 is 4.39 Å². The standard InChI is InChI=1S/C20H18Cl2FN5O3S2/c21-14-10-17(32-19(14)22)33(30,31)26-20(29)24-11-15(23)13-7-4-8-28-18(13)16(25-27-28)9-12-5-2-1-3-6-12/h1-3,5-6,10H,4,7-9,11H2,(H2,24,26,29)/b15-13-. The van der Waals surface area contributed by atoms with Crippen molar-refractivity contribution in [1.29, 1.82) is 0 Å². The third-order valence-corrected chi connectivity index (χ3v) is 8.62. The third-order valence-electron chi connectivity index (χ3n) is 4.95. The number of urea groups is 1. The zero-order chi connectivity index (χ0) is 23.6. The number of carbonyl (C=O) groups is 1. The number of allylic oxidation sites excluding steroid dienone is 1. The number of halogens is 3. The van der Waals surface area contributed by atoms with Gasteiger partial charge in [0.2, 0.25) is 0 Å². The van der Waals surface area contributed by atoms with E-state index in [-0.39, 0.29) is 13.6 Å². The van der Waals surface area contributed by atoms with Crippen LogP contribution < -0.4 is 10.0 Å². The van der Waals surface area contributed by atoms with Crippen LogP contribution >= 0.6 is 34.5 Å². The summed E-state index contributed by atoms with van der Waals surface area (Å²) in [6.45, 7) is 0.130. The number of sulfonamides is 1. The quantitative estimate of drug-likeness (QED) is 0.492. The van der Waals surface area contributed by atoms with Gasteiger partial charge in [-0.1, -0.05) is 58.7 Å². The zero-order valence-corrected chi connectivity index (χ0v) is 20.2. The van der Waals surface area contributed by atoms with E-state index < -0.39 is 28.4 Å². The third kappa shape index (κ3) is 5.37. The molecule has 13 heteroatoms. The average molecular weight is 530 g/mol. The molecule has 0 bridgehead atoms. The topological polar surface area (TPSA) is 106 Å². The Morgan fingerprint density at radius 1 is 1.24 bits per heavy atom. The van der Waals surface area contributed by atoms with Gasteiger partial charge in [0.25, 0.3) is 10.0 Å². The van der Waals surface area contributed by atoms with E-state index in [1.165, 1.54) is 0 Å². The number of hydrogen-bond acceptors (Lipinski definition) is 6. The lowest BCUT2D eigenvalue weighted by atomic mass is 9.97. The zero-order valence-electron chi connectivity index (χ0n) is 17.0. The predicted octanol–water partition coefficient (Wildman–Crippen LogP) is 4.40. The van der Waals surface area contributed by atoms with Gasteiger partial charge in [-0.2, -0.15) is 0 Å². The Hall–Kier alpha value is -2.47. The Bertz CT molecular complexity index is 1300. The summed E-state index contributed by atoms with van der Waals surface area (Å²) >= 11 is 12.3. The Labute approximate surface area is 203 Å². The van der Waals surface area contributed by atoms with Crippen LogP contribution in [0.25, 0.3) is 5.57 Å². The predicted molar refractivity (Wildman–Crippen MR) is 125 cm³/mol. The number of rotatable bonds is 6. The van der Waals surface area contributed by atoms with Crippen LogP contribution in [0.3, 0.4) is 0 Å². The smallest absolute Gasteiger partial charge is 0.329 e. The maximum absolute atomic E-state index is 15.1. The highest BCUT2D eigenvalue weighted by Crippen LogP contribution is 2.34. The fourth-order valence-electron chi connectivity index (χ4n) is 3.46. The molecule has 1 aromatic carbocycles. The summed E-state index contributed by atoms with van der Waals surface area (Å²) in [5, 5.41) is 10.7. The van der Waals surface area contributed by atoms with Crippen LogP contribution in [-0.2, 0) is 23.0 Å². The first kappa shape index (κ1) is 23.7. The number of amides is 2. The SMILES string of the molecule is O=C(NC/C(F)=C1\CCCn2nnc(Cc3ccccc3)c21)NS(=O)(=O)c1cc(Cl)c(Cl)s1. The molecule has 3 aromatic rings. The van der Waals surface area contributed by atoms with E-state index in [1.54, 1.807) is 4.68 Å². The molecular weight excluding hydrogens is 512 g/mol. The fourth-order valence-corrected chi connectivity index (χ4v) is 6.27. The summed E-state index contributed by atoms with van der Waals surface area (Å²) in [4.78, 5) is 12.1. The van der Waals surface area contributed by atoms with Crippen molar-refractivity contribution < 1.29 is 17.6 Å². The Morgan fingerprint density at radius 3 is 2.70 bits per heavy atom. The lowest BCUT2D eigenvalue weighted by Crippen LogP contribution is -2.39. The van der Waals surface area contributed by atoms with Crippen LogP contribution in [0.4, 0.5) is 9.18 Å². The first-order chi connectivity index (χ1) is 15.7. The van der Waals surface area contributed by atoms with Crippen LogP contribution in [0.1, 0.15) is 29.8 Å². The van der Waals surface area contributed by atoms with Gasteiger partial charge >= 0.3 is 6.03 Å². The Kier molecular flexibility index (Phi) is 7.03. The van der Waals surface area contributed by atoms with E-state index in [4.69, 9.17) is 23.2 Å². The molecule has 2 N–H and O–H groups in total. The molecule has 33 heavy (non-hydrogen) atoms. The molecule has 1 aliphatic heterocycles. The highest BCUT2D eigenvalue weighted by atomic mass is 35.5. The lowest BCUT2D eigenvalue weighted by Gasteiger charge is -2.18. The fraction of sp³-hybridized carbons (Fsp3) is 0.250. The molecule has 4 rings (SSSR count). The molecule has 0 unspecified atom stereocenters. The molecule has 1 aliphatic rings. The summed E-state index contributed by atoms with van der Waals surface area (Å²) in [6, 6.07) is 9.71. The van der Waals surface area contributed by atoms with Gasteiger partial charge in [0, 0.05) is 18.5 Å². The van der Waals surface area contributed by atoms with E-state index in [2.05, 4.69) is 15.6 Å². The number of thiophene rings is 1. The molecule has 2 amide bonds. The van der Waals surface area contributed by atoms with Gasteiger partial charge in [-0.25, -0.2) is 27.0 Å². The molecule has 0 aliphatic carbocycles. The van der Waals surface area contributed by atoms with Crippen molar-refractivity contribution in [2.45, 2.75) is 30.0 Å². The first-order valence-electron chi connectivity index (χ1n) is 9.84. The van der Waals surface area contributed by atoms with Crippen LogP contribution in [0.2, 0.25) is 9.36 Å². The van der Waals surface area contributed by atoms with Gasteiger partial charge in [0.15, 0.2) is 0 Å². The van der Waals surface area contributed by atoms with Crippen LogP contribution in [0.5, 0.6) is 0 Å². The maximum Gasteiger partial charge on any atom is 0.329 e. The summed E-state index contributed by atoms with van der Waals surface area (Å²) in [6.07, 6.45) is 1.62. The van der Waals surface area contributed by atoms with Crippen molar-refractivity contribution in [3.8, 4) is 0 Å². The van der Waals surface area contributed by atoms with Gasteiger partial charge in [-0.05, 0) is 24.5 Å². The number of aromatic nitrogens is 3. The first-order valence-corrected chi connectivity index (χ1v) is 12.9. The Balaban J connectivity index is 1.48. The summed E-state index contributed by atoms with van der Waals surface area (Å²) < 4.78 is 43.1. The molecule has 3 heterocycles. The normalized spacial score (nSPS) is 15.1. The largest absolute Gasteiger partial charge is 0.331 e. The summed E-state index contributed by atoms with van der Waals surface area (Å²) in [7, 11) is -4.19. The maximum atomic E-state index is 15.1. The van der Waals surface area contributed by atoms with Crippen LogP contribution in [0.15, 0.2) is 46.4 Å². The van der Waals surface area contributed by atoms with E-state index in [0.29, 0.717) is 54.1 Å². The second-order valence-electron chi connectivity index (χ2n) is 7.23. The van der Waals surface area contributed by atoms with Crippen LogP contribution in [-0.4, -0.2) is 36.0 Å².